The molecule has 0 aliphatic rings. The third-order valence-corrected chi connectivity index (χ3v) is 4.86. The van der Waals surface area contributed by atoms with Crippen LogP contribution in [0.4, 0.5) is 5.13 Å². The maximum Gasteiger partial charge on any atom is 0.208 e. The van der Waals surface area contributed by atoms with Crippen molar-refractivity contribution < 1.29 is 5.11 Å². The second kappa shape index (κ2) is 7.28. The summed E-state index contributed by atoms with van der Waals surface area (Å²) in [5, 5.41) is 18.9. The van der Waals surface area contributed by atoms with Gasteiger partial charge in [0.25, 0.3) is 0 Å². The van der Waals surface area contributed by atoms with E-state index in [9.17, 15) is 5.11 Å². The molecule has 1 unspecified atom stereocenters. The molecular formula is C11H22N4OS2. The molecule has 0 aliphatic carbocycles. The van der Waals surface area contributed by atoms with Crippen molar-refractivity contribution in [3.63, 3.8) is 0 Å². The Morgan fingerprint density at radius 2 is 2.11 bits per heavy atom. The molecular weight excluding hydrogens is 268 g/mol. The van der Waals surface area contributed by atoms with Crippen molar-refractivity contribution >= 4 is 28.2 Å². The third-order valence-electron chi connectivity index (χ3n) is 2.55. The van der Waals surface area contributed by atoms with Crippen LogP contribution >= 0.6 is 23.1 Å². The fourth-order valence-corrected chi connectivity index (χ4v) is 3.14. The predicted molar refractivity (Wildman–Crippen MR) is 78.5 cm³/mol. The summed E-state index contributed by atoms with van der Waals surface area (Å²) >= 11 is 3.33. The van der Waals surface area contributed by atoms with Gasteiger partial charge in [-0.25, -0.2) is 0 Å². The number of nitrogens with zero attached hydrogens (tertiary/aromatic N) is 3. The van der Waals surface area contributed by atoms with Gasteiger partial charge < -0.3 is 15.7 Å². The maximum absolute atomic E-state index is 9.75. The summed E-state index contributed by atoms with van der Waals surface area (Å²) in [4.78, 5) is 1.96. The number of hydrogen-bond donors (Lipinski definition) is 2. The summed E-state index contributed by atoms with van der Waals surface area (Å²) in [6.07, 6.45) is 2.79. The summed E-state index contributed by atoms with van der Waals surface area (Å²) in [7, 11) is 3.92. The molecule has 0 radical (unpaired) electrons. The van der Waals surface area contributed by atoms with E-state index < -0.39 is 5.60 Å². The van der Waals surface area contributed by atoms with Crippen LogP contribution in [0.5, 0.6) is 0 Å². The maximum atomic E-state index is 9.75. The van der Waals surface area contributed by atoms with E-state index in [1.165, 1.54) is 0 Å². The summed E-state index contributed by atoms with van der Waals surface area (Å²) < 4.78 is 1.00. The summed E-state index contributed by atoms with van der Waals surface area (Å²) in [5.74, 6) is 1.00. The van der Waals surface area contributed by atoms with Crippen molar-refractivity contribution in [2.75, 3.05) is 31.3 Å². The first-order valence-corrected chi connectivity index (χ1v) is 7.81. The molecule has 1 atom stereocenters. The van der Waals surface area contributed by atoms with Crippen LogP contribution < -0.4 is 10.6 Å². The van der Waals surface area contributed by atoms with Crippen molar-refractivity contribution in [3.05, 3.63) is 0 Å². The Hall–Kier alpha value is -0.370. The zero-order valence-corrected chi connectivity index (χ0v) is 12.9. The lowest BCUT2D eigenvalue weighted by Crippen LogP contribution is -2.33. The van der Waals surface area contributed by atoms with Gasteiger partial charge in [0.15, 0.2) is 4.34 Å². The van der Waals surface area contributed by atoms with E-state index in [0.717, 1.165) is 34.5 Å². The Labute approximate surface area is 117 Å². The van der Waals surface area contributed by atoms with Gasteiger partial charge in [0, 0.05) is 26.4 Å². The minimum absolute atomic E-state index is 0.322. The SMILES string of the molecule is CN(C)c1nnc(SCCCCC(C)(O)CN)s1. The molecule has 104 valence electrons. The fraction of sp³-hybridized carbons (Fsp3) is 0.818. The molecule has 0 aromatic carbocycles. The third kappa shape index (κ3) is 5.51. The Kier molecular flexibility index (Phi) is 6.34. The predicted octanol–water partition coefficient (Wildman–Crippen LogP) is 1.58. The van der Waals surface area contributed by atoms with Crippen molar-refractivity contribution in [1.29, 1.82) is 0 Å². The van der Waals surface area contributed by atoms with Crippen LogP contribution in [0.25, 0.3) is 0 Å². The van der Waals surface area contributed by atoms with Gasteiger partial charge in [-0.1, -0.05) is 23.1 Å². The second-order valence-corrected chi connectivity index (χ2v) is 7.05. The van der Waals surface area contributed by atoms with E-state index in [1.807, 2.05) is 19.0 Å². The van der Waals surface area contributed by atoms with Crippen LogP contribution in [-0.2, 0) is 0 Å². The number of anilines is 1. The molecule has 0 bridgehead atoms. The van der Waals surface area contributed by atoms with Gasteiger partial charge in [0.2, 0.25) is 5.13 Å². The molecule has 0 fully saturated rings. The number of nitrogens with two attached hydrogens (primary N) is 1. The van der Waals surface area contributed by atoms with Crippen LogP contribution in [0, 0.1) is 0 Å². The van der Waals surface area contributed by atoms with Crippen molar-refractivity contribution in [1.82, 2.24) is 10.2 Å². The first-order chi connectivity index (χ1) is 8.44. The molecule has 1 rings (SSSR count). The molecule has 1 heterocycles. The van der Waals surface area contributed by atoms with Crippen LogP contribution in [0.3, 0.4) is 0 Å². The topological polar surface area (TPSA) is 75.3 Å². The average molecular weight is 290 g/mol. The Morgan fingerprint density at radius 1 is 1.39 bits per heavy atom. The van der Waals surface area contributed by atoms with E-state index in [0.29, 0.717) is 6.54 Å². The standard InChI is InChI=1S/C11H22N4OS2/c1-11(16,8-12)6-4-5-7-17-10-14-13-9(18-10)15(2)3/h16H,4-8,12H2,1-3H3. The number of thioether (sulfide) groups is 1. The normalized spacial score (nSPS) is 14.5. The lowest BCUT2D eigenvalue weighted by molar-refractivity contribution is 0.0577. The van der Waals surface area contributed by atoms with Crippen LogP contribution in [-0.4, -0.2) is 47.3 Å². The fourth-order valence-electron chi connectivity index (χ4n) is 1.31. The smallest absolute Gasteiger partial charge is 0.208 e. The van der Waals surface area contributed by atoms with Crippen molar-refractivity contribution in [2.24, 2.45) is 5.73 Å². The zero-order chi connectivity index (χ0) is 13.6. The van der Waals surface area contributed by atoms with Gasteiger partial charge in [-0.2, -0.15) is 0 Å². The molecule has 18 heavy (non-hydrogen) atoms. The van der Waals surface area contributed by atoms with Crippen LogP contribution in [0.15, 0.2) is 4.34 Å². The van der Waals surface area contributed by atoms with E-state index >= 15 is 0 Å². The van der Waals surface area contributed by atoms with Gasteiger partial charge in [-0.3, -0.25) is 0 Å². The molecule has 3 N–H and O–H groups in total. The highest BCUT2D eigenvalue weighted by Gasteiger charge is 2.16. The highest BCUT2D eigenvalue weighted by Crippen LogP contribution is 2.27. The number of rotatable bonds is 8. The number of unbranched alkanes of at least 4 members (excludes halogenated alkanes) is 1. The Balaban J connectivity index is 2.18. The Morgan fingerprint density at radius 3 is 2.67 bits per heavy atom. The minimum Gasteiger partial charge on any atom is -0.389 e. The molecule has 5 nitrogen and oxygen atoms in total. The van der Waals surface area contributed by atoms with E-state index in [4.69, 9.17) is 5.73 Å². The lowest BCUT2D eigenvalue weighted by Gasteiger charge is -2.20. The highest BCUT2D eigenvalue weighted by molar-refractivity contribution is 8.01. The van der Waals surface area contributed by atoms with Gasteiger partial charge >= 0.3 is 0 Å². The molecule has 1 aromatic heterocycles. The molecule has 0 spiro atoms. The zero-order valence-electron chi connectivity index (χ0n) is 11.2. The van der Waals surface area contributed by atoms with Crippen molar-refractivity contribution in [3.8, 4) is 0 Å². The molecule has 7 heteroatoms. The van der Waals surface area contributed by atoms with Gasteiger partial charge in [-0.15, -0.1) is 10.2 Å². The molecule has 1 aromatic rings. The minimum atomic E-state index is -0.717. The van der Waals surface area contributed by atoms with Crippen LogP contribution in [0.2, 0.25) is 0 Å². The highest BCUT2D eigenvalue weighted by atomic mass is 32.2. The van der Waals surface area contributed by atoms with Gasteiger partial charge in [0.05, 0.1) is 5.60 Å². The Bertz CT molecular complexity index is 355. The van der Waals surface area contributed by atoms with E-state index in [1.54, 1.807) is 30.0 Å². The second-order valence-electron chi connectivity index (χ2n) is 4.75. The van der Waals surface area contributed by atoms with Gasteiger partial charge in [-0.05, 0) is 26.2 Å². The first kappa shape index (κ1) is 15.7. The van der Waals surface area contributed by atoms with Gasteiger partial charge in [0.1, 0.15) is 0 Å². The lowest BCUT2D eigenvalue weighted by atomic mass is 10.00. The number of aromatic nitrogens is 2. The average Bonchev–Trinajstić information content (AvgIpc) is 2.77. The monoisotopic (exact) mass is 290 g/mol. The van der Waals surface area contributed by atoms with E-state index in [2.05, 4.69) is 10.2 Å². The molecule has 0 saturated heterocycles. The summed E-state index contributed by atoms with van der Waals surface area (Å²) in [6.45, 7) is 2.11. The first-order valence-electron chi connectivity index (χ1n) is 6.01. The molecule has 0 aliphatic heterocycles. The quantitative estimate of drug-likeness (QED) is 0.559. The molecule has 0 amide bonds. The number of hydrogen-bond acceptors (Lipinski definition) is 7. The van der Waals surface area contributed by atoms with Crippen LogP contribution in [0.1, 0.15) is 26.2 Å². The largest absolute Gasteiger partial charge is 0.389 e. The van der Waals surface area contributed by atoms with Crippen molar-refractivity contribution in [2.45, 2.75) is 36.1 Å². The molecule has 0 saturated carbocycles. The summed E-state index contributed by atoms with van der Waals surface area (Å²) in [6, 6.07) is 0. The number of aliphatic hydroxyl groups is 1. The van der Waals surface area contributed by atoms with E-state index in [-0.39, 0.29) is 0 Å². The summed E-state index contributed by atoms with van der Waals surface area (Å²) in [5.41, 5.74) is 4.75.